The van der Waals surface area contributed by atoms with Gasteiger partial charge in [-0.1, -0.05) is 13.8 Å². The molecule has 1 aromatic carbocycles. The second-order valence-electron chi connectivity index (χ2n) is 6.76. The van der Waals surface area contributed by atoms with E-state index in [1.54, 1.807) is 4.90 Å². The molecule has 4 nitrogen and oxygen atoms in total. The Bertz CT molecular complexity index is 606. The van der Waals surface area contributed by atoms with Crippen molar-refractivity contribution in [1.29, 1.82) is 0 Å². The lowest BCUT2D eigenvalue weighted by Gasteiger charge is -2.25. The van der Waals surface area contributed by atoms with E-state index in [9.17, 15) is 22.8 Å². The molecule has 7 heteroatoms. The standard InChI is InChI=1S/C18H23F3N2O2/c1-12(2)11-15(17(25)23-9-3-4-10-23)22-16(24)13-5-7-14(8-6-13)18(19,20)21/h5-8,12,15H,3-4,9-11H2,1-2H3,(H,22,24)/t15-/m1/s1. The summed E-state index contributed by atoms with van der Waals surface area (Å²) in [5.41, 5.74) is -0.702. The van der Waals surface area contributed by atoms with Gasteiger partial charge in [-0.2, -0.15) is 13.2 Å². The van der Waals surface area contributed by atoms with Gasteiger partial charge in [0.2, 0.25) is 5.91 Å². The quantitative estimate of drug-likeness (QED) is 0.878. The summed E-state index contributed by atoms with van der Waals surface area (Å²) in [6.45, 7) is 5.27. The maximum absolute atomic E-state index is 12.6. The average Bonchev–Trinajstić information content (AvgIpc) is 3.06. The molecule has 0 spiro atoms. The fourth-order valence-electron chi connectivity index (χ4n) is 2.90. The molecule has 1 saturated heterocycles. The molecule has 0 bridgehead atoms. The highest BCUT2D eigenvalue weighted by Crippen LogP contribution is 2.29. The van der Waals surface area contributed by atoms with Gasteiger partial charge in [0.05, 0.1) is 5.56 Å². The van der Waals surface area contributed by atoms with Crippen LogP contribution in [0.4, 0.5) is 13.2 Å². The van der Waals surface area contributed by atoms with Crippen molar-refractivity contribution in [3.63, 3.8) is 0 Å². The zero-order chi connectivity index (χ0) is 18.6. The molecule has 2 amide bonds. The number of carbonyl (C=O) groups excluding carboxylic acids is 2. The van der Waals surface area contributed by atoms with Crippen LogP contribution >= 0.6 is 0 Å². The summed E-state index contributed by atoms with van der Waals surface area (Å²) in [6.07, 6.45) is -2.05. The summed E-state index contributed by atoms with van der Waals surface area (Å²) < 4.78 is 37.8. The number of halogens is 3. The monoisotopic (exact) mass is 356 g/mol. The summed E-state index contributed by atoms with van der Waals surface area (Å²) in [4.78, 5) is 26.7. The van der Waals surface area contributed by atoms with E-state index in [1.165, 1.54) is 0 Å². The van der Waals surface area contributed by atoms with Crippen molar-refractivity contribution in [3.8, 4) is 0 Å². The van der Waals surface area contributed by atoms with Crippen molar-refractivity contribution in [1.82, 2.24) is 10.2 Å². The largest absolute Gasteiger partial charge is 0.416 e. The third kappa shape index (κ3) is 5.21. The number of nitrogens with one attached hydrogen (secondary N) is 1. The fourth-order valence-corrected chi connectivity index (χ4v) is 2.90. The smallest absolute Gasteiger partial charge is 0.341 e. The van der Waals surface area contributed by atoms with Crippen molar-refractivity contribution in [3.05, 3.63) is 35.4 Å². The van der Waals surface area contributed by atoms with E-state index in [0.717, 1.165) is 37.1 Å². The van der Waals surface area contributed by atoms with Crippen molar-refractivity contribution in [2.24, 2.45) is 5.92 Å². The molecular formula is C18H23F3N2O2. The van der Waals surface area contributed by atoms with Gasteiger partial charge in [0, 0.05) is 18.7 Å². The van der Waals surface area contributed by atoms with Crippen LogP contribution < -0.4 is 5.32 Å². The summed E-state index contributed by atoms with van der Waals surface area (Å²) in [5.74, 6) is -0.456. The minimum atomic E-state index is -4.44. The normalized spacial score (nSPS) is 16.2. The maximum Gasteiger partial charge on any atom is 0.416 e. The molecular weight excluding hydrogens is 333 g/mol. The van der Waals surface area contributed by atoms with E-state index >= 15 is 0 Å². The van der Waals surface area contributed by atoms with Gasteiger partial charge in [-0.3, -0.25) is 9.59 Å². The molecule has 138 valence electrons. The minimum absolute atomic E-state index is 0.107. The predicted octanol–water partition coefficient (Wildman–Crippen LogP) is 3.47. The Hall–Kier alpha value is -2.05. The highest BCUT2D eigenvalue weighted by molar-refractivity contribution is 5.97. The SMILES string of the molecule is CC(C)C[C@@H](NC(=O)c1ccc(C(F)(F)F)cc1)C(=O)N1CCCC1. The molecule has 1 N–H and O–H groups in total. The Morgan fingerprint density at radius 3 is 2.16 bits per heavy atom. The van der Waals surface area contributed by atoms with Crippen molar-refractivity contribution < 1.29 is 22.8 Å². The van der Waals surface area contributed by atoms with Crippen molar-refractivity contribution >= 4 is 11.8 Å². The highest BCUT2D eigenvalue weighted by atomic mass is 19.4. The molecule has 1 aromatic rings. The van der Waals surface area contributed by atoms with Gasteiger partial charge in [0.25, 0.3) is 5.91 Å². The first kappa shape index (κ1) is 19.3. The van der Waals surface area contributed by atoms with E-state index in [4.69, 9.17) is 0 Å². The van der Waals surface area contributed by atoms with Crippen LogP contribution in [0, 0.1) is 5.92 Å². The number of benzene rings is 1. The van der Waals surface area contributed by atoms with Gasteiger partial charge in [0.15, 0.2) is 0 Å². The first-order valence-corrected chi connectivity index (χ1v) is 8.45. The molecule has 1 aliphatic rings. The predicted molar refractivity (Wildman–Crippen MR) is 88.0 cm³/mol. The van der Waals surface area contributed by atoms with E-state index in [1.807, 2.05) is 13.8 Å². The van der Waals surface area contributed by atoms with E-state index < -0.39 is 23.7 Å². The summed E-state index contributed by atoms with van der Waals surface area (Å²) in [6, 6.07) is 3.34. The second-order valence-corrected chi connectivity index (χ2v) is 6.76. The Balaban J connectivity index is 2.09. The number of rotatable bonds is 5. The summed E-state index contributed by atoms with van der Waals surface area (Å²) in [7, 11) is 0. The Kier molecular flexibility index (Phi) is 6.08. The number of likely N-dealkylation sites (tertiary alicyclic amines) is 1. The third-order valence-corrected chi connectivity index (χ3v) is 4.20. The van der Waals surface area contributed by atoms with Crippen LogP contribution in [0.3, 0.4) is 0 Å². The highest BCUT2D eigenvalue weighted by Gasteiger charge is 2.31. The zero-order valence-corrected chi connectivity index (χ0v) is 14.4. The third-order valence-electron chi connectivity index (χ3n) is 4.20. The lowest BCUT2D eigenvalue weighted by molar-refractivity contribution is -0.137. The molecule has 1 fully saturated rings. The number of hydrogen-bond donors (Lipinski definition) is 1. The summed E-state index contributed by atoms with van der Waals surface area (Å²) >= 11 is 0. The maximum atomic E-state index is 12.6. The molecule has 25 heavy (non-hydrogen) atoms. The van der Waals surface area contributed by atoms with Crippen LogP contribution in [0.25, 0.3) is 0 Å². The van der Waals surface area contributed by atoms with E-state index in [2.05, 4.69) is 5.32 Å². The molecule has 0 aromatic heterocycles. The molecule has 1 heterocycles. The van der Waals surface area contributed by atoms with Crippen LogP contribution in [-0.4, -0.2) is 35.8 Å². The van der Waals surface area contributed by atoms with Crippen LogP contribution in [0.1, 0.15) is 49.0 Å². The van der Waals surface area contributed by atoms with Gasteiger partial charge in [-0.05, 0) is 49.4 Å². The van der Waals surface area contributed by atoms with Crippen molar-refractivity contribution in [2.75, 3.05) is 13.1 Å². The van der Waals surface area contributed by atoms with Crippen molar-refractivity contribution in [2.45, 2.75) is 45.3 Å². The molecule has 2 rings (SSSR count). The van der Waals surface area contributed by atoms with Gasteiger partial charge in [-0.15, -0.1) is 0 Å². The second kappa shape index (κ2) is 7.89. The molecule has 0 aliphatic carbocycles. The minimum Gasteiger partial charge on any atom is -0.341 e. The Morgan fingerprint density at radius 2 is 1.68 bits per heavy atom. The van der Waals surface area contributed by atoms with Crippen LogP contribution in [0.15, 0.2) is 24.3 Å². The van der Waals surface area contributed by atoms with Gasteiger partial charge in [-0.25, -0.2) is 0 Å². The topological polar surface area (TPSA) is 49.4 Å². The number of nitrogens with zero attached hydrogens (tertiary/aromatic N) is 1. The number of carbonyl (C=O) groups is 2. The number of alkyl halides is 3. The van der Waals surface area contributed by atoms with Crippen LogP contribution in [0.2, 0.25) is 0 Å². The lowest BCUT2D eigenvalue weighted by atomic mass is 10.0. The molecule has 0 radical (unpaired) electrons. The molecule has 0 unspecified atom stereocenters. The lowest BCUT2D eigenvalue weighted by Crippen LogP contribution is -2.48. The van der Waals surface area contributed by atoms with Gasteiger partial charge >= 0.3 is 6.18 Å². The van der Waals surface area contributed by atoms with E-state index in [0.29, 0.717) is 19.5 Å². The van der Waals surface area contributed by atoms with Crippen LogP contribution in [0.5, 0.6) is 0 Å². The zero-order valence-electron chi connectivity index (χ0n) is 14.4. The Labute approximate surface area is 145 Å². The fraction of sp³-hybridized carbons (Fsp3) is 0.556. The Morgan fingerprint density at radius 1 is 1.12 bits per heavy atom. The van der Waals surface area contributed by atoms with Gasteiger partial charge < -0.3 is 10.2 Å². The average molecular weight is 356 g/mol. The number of hydrogen-bond acceptors (Lipinski definition) is 2. The molecule has 0 saturated carbocycles. The van der Waals surface area contributed by atoms with Crippen LogP contribution in [-0.2, 0) is 11.0 Å². The molecule has 1 atom stereocenters. The van der Waals surface area contributed by atoms with E-state index in [-0.39, 0.29) is 17.4 Å². The summed E-state index contributed by atoms with van der Waals surface area (Å²) in [5, 5.41) is 2.69. The molecule has 1 aliphatic heterocycles. The van der Waals surface area contributed by atoms with Gasteiger partial charge in [0.1, 0.15) is 6.04 Å². The first-order valence-electron chi connectivity index (χ1n) is 8.45. The number of amides is 2. The first-order chi connectivity index (χ1) is 11.7.